The molecule has 0 amide bonds. The van der Waals surface area contributed by atoms with Gasteiger partial charge in [0.05, 0.1) is 5.38 Å². The van der Waals surface area contributed by atoms with Crippen LogP contribution >= 0.6 is 11.6 Å². The smallest absolute Gasteiger partial charge is 0.0585 e. The van der Waals surface area contributed by atoms with E-state index < -0.39 is 0 Å². The summed E-state index contributed by atoms with van der Waals surface area (Å²) < 4.78 is 0. The standard InChI is InChI=1S/C14H19Cl/c1-2-3-7-14(15)13-9-8-11-5-4-6-12(11)10-13/h8-10,14H,2-7H2,1H3. The number of hydrogen-bond acceptors (Lipinski definition) is 0. The molecule has 0 fully saturated rings. The zero-order valence-corrected chi connectivity index (χ0v) is 10.2. The Hall–Kier alpha value is -0.490. The summed E-state index contributed by atoms with van der Waals surface area (Å²) in [7, 11) is 0. The molecule has 0 spiro atoms. The lowest BCUT2D eigenvalue weighted by molar-refractivity contribution is 0.700. The first-order chi connectivity index (χ1) is 7.31. The number of alkyl halides is 1. The SMILES string of the molecule is CCCCC(Cl)c1ccc2c(c1)CCC2. The molecule has 0 heterocycles. The van der Waals surface area contributed by atoms with E-state index in [1.165, 1.54) is 48.8 Å². The van der Waals surface area contributed by atoms with Crippen LogP contribution in [0.3, 0.4) is 0 Å². The Morgan fingerprint density at radius 1 is 1.27 bits per heavy atom. The molecule has 1 atom stereocenters. The third-order valence-electron chi connectivity index (χ3n) is 3.30. The molecule has 82 valence electrons. The topological polar surface area (TPSA) is 0 Å². The van der Waals surface area contributed by atoms with Gasteiger partial charge in [0.15, 0.2) is 0 Å². The number of rotatable bonds is 4. The quantitative estimate of drug-likeness (QED) is 0.651. The van der Waals surface area contributed by atoms with E-state index in [-0.39, 0.29) is 5.38 Å². The molecular formula is C14H19Cl. The van der Waals surface area contributed by atoms with Gasteiger partial charge in [-0.1, -0.05) is 38.0 Å². The number of benzene rings is 1. The molecule has 0 aliphatic heterocycles. The van der Waals surface area contributed by atoms with E-state index in [1.807, 2.05) is 0 Å². The molecule has 0 saturated heterocycles. The van der Waals surface area contributed by atoms with Crippen LogP contribution < -0.4 is 0 Å². The van der Waals surface area contributed by atoms with Gasteiger partial charge in [0.1, 0.15) is 0 Å². The summed E-state index contributed by atoms with van der Waals surface area (Å²) in [5.41, 5.74) is 4.40. The molecule has 0 aromatic heterocycles. The highest BCUT2D eigenvalue weighted by Crippen LogP contribution is 2.30. The molecule has 1 heteroatoms. The second-order valence-corrected chi connectivity index (χ2v) is 5.02. The van der Waals surface area contributed by atoms with Gasteiger partial charge in [-0.2, -0.15) is 0 Å². The van der Waals surface area contributed by atoms with E-state index in [1.54, 1.807) is 0 Å². The van der Waals surface area contributed by atoms with E-state index in [2.05, 4.69) is 25.1 Å². The summed E-state index contributed by atoms with van der Waals surface area (Å²) in [5, 5.41) is 0.218. The third kappa shape index (κ3) is 2.55. The van der Waals surface area contributed by atoms with Crippen molar-refractivity contribution in [1.82, 2.24) is 0 Å². The molecule has 0 nitrogen and oxygen atoms in total. The van der Waals surface area contributed by atoms with Gasteiger partial charge >= 0.3 is 0 Å². The van der Waals surface area contributed by atoms with Crippen LogP contribution in [-0.2, 0) is 12.8 Å². The van der Waals surface area contributed by atoms with Gasteiger partial charge < -0.3 is 0 Å². The fraction of sp³-hybridized carbons (Fsp3) is 0.571. The Morgan fingerprint density at radius 2 is 2.07 bits per heavy atom. The maximum Gasteiger partial charge on any atom is 0.0585 e. The molecule has 0 N–H and O–H groups in total. The summed E-state index contributed by atoms with van der Waals surface area (Å²) >= 11 is 6.39. The molecule has 1 aromatic rings. The Balaban J connectivity index is 2.08. The highest BCUT2D eigenvalue weighted by molar-refractivity contribution is 6.20. The highest BCUT2D eigenvalue weighted by Gasteiger charge is 2.13. The van der Waals surface area contributed by atoms with Crippen molar-refractivity contribution in [2.45, 2.75) is 50.8 Å². The van der Waals surface area contributed by atoms with Gasteiger partial charge in [-0.15, -0.1) is 11.6 Å². The Morgan fingerprint density at radius 3 is 2.87 bits per heavy atom. The minimum absolute atomic E-state index is 0.218. The van der Waals surface area contributed by atoms with Gasteiger partial charge in [-0.25, -0.2) is 0 Å². The normalized spacial score (nSPS) is 16.4. The van der Waals surface area contributed by atoms with Crippen molar-refractivity contribution in [2.24, 2.45) is 0 Å². The lowest BCUT2D eigenvalue weighted by Crippen LogP contribution is -1.93. The lowest BCUT2D eigenvalue weighted by atomic mass is 10.0. The fourth-order valence-corrected chi connectivity index (χ4v) is 2.63. The molecule has 1 unspecified atom stereocenters. The summed E-state index contributed by atoms with van der Waals surface area (Å²) in [5.74, 6) is 0. The molecule has 0 bridgehead atoms. The van der Waals surface area contributed by atoms with Crippen molar-refractivity contribution >= 4 is 11.6 Å². The lowest BCUT2D eigenvalue weighted by Gasteiger charge is -2.10. The average molecular weight is 223 g/mol. The maximum atomic E-state index is 6.39. The highest BCUT2D eigenvalue weighted by atomic mass is 35.5. The van der Waals surface area contributed by atoms with Crippen LogP contribution in [0.5, 0.6) is 0 Å². The second kappa shape index (κ2) is 5.03. The monoisotopic (exact) mass is 222 g/mol. The summed E-state index contributed by atoms with van der Waals surface area (Å²) in [6.45, 7) is 2.21. The number of aryl methyl sites for hydroxylation is 2. The number of fused-ring (bicyclic) bond motifs is 1. The van der Waals surface area contributed by atoms with Gasteiger partial charge in [0.2, 0.25) is 0 Å². The van der Waals surface area contributed by atoms with E-state index >= 15 is 0 Å². The molecular weight excluding hydrogens is 204 g/mol. The van der Waals surface area contributed by atoms with Gasteiger partial charge in [0, 0.05) is 0 Å². The fourth-order valence-electron chi connectivity index (χ4n) is 2.34. The Kier molecular flexibility index (Phi) is 3.69. The summed E-state index contributed by atoms with van der Waals surface area (Å²) in [4.78, 5) is 0. The zero-order chi connectivity index (χ0) is 10.7. The molecule has 0 saturated carbocycles. The van der Waals surface area contributed by atoms with Crippen molar-refractivity contribution < 1.29 is 0 Å². The van der Waals surface area contributed by atoms with Crippen LogP contribution in [0.2, 0.25) is 0 Å². The first-order valence-electron chi connectivity index (χ1n) is 6.07. The Bertz CT molecular complexity index is 330. The Labute approximate surface area is 97.6 Å². The van der Waals surface area contributed by atoms with Crippen molar-refractivity contribution in [3.8, 4) is 0 Å². The van der Waals surface area contributed by atoms with Crippen LogP contribution in [0.15, 0.2) is 18.2 Å². The summed E-state index contributed by atoms with van der Waals surface area (Å²) in [6.07, 6.45) is 7.40. The van der Waals surface area contributed by atoms with Gasteiger partial charge in [-0.3, -0.25) is 0 Å². The predicted molar refractivity (Wildman–Crippen MR) is 66.6 cm³/mol. The molecule has 15 heavy (non-hydrogen) atoms. The van der Waals surface area contributed by atoms with E-state index in [9.17, 15) is 0 Å². The number of hydrogen-bond donors (Lipinski definition) is 0. The van der Waals surface area contributed by atoms with Crippen molar-refractivity contribution in [1.29, 1.82) is 0 Å². The molecule has 1 aromatic carbocycles. The molecule has 1 aliphatic rings. The third-order valence-corrected chi connectivity index (χ3v) is 3.77. The van der Waals surface area contributed by atoms with Crippen molar-refractivity contribution in [3.05, 3.63) is 34.9 Å². The minimum Gasteiger partial charge on any atom is -0.118 e. The van der Waals surface area contributed by atoms with E-state index in [0.717, 1.165) is 6.42 Å². The van der Waals surface area contributed by atoms with Crippen LogP contribution in [0.25, 0.3) is 0 Å². The first kappa shape index (κ1) is 11.0. The van der Waals surface area contributed by atoms with Crippen molar-refractivity contribution in [3.63, 3.8) is 0 Å². The molecule has 2 rings (SSSR count). The van der Waals surface area contributed by atoms with E-state index in [0.29, 0.717) is 0 Å². The van der Waals surface area contributed by atoms with Crippen LogP contribution in [-0.4, -0.2) is 0 Å². The zero-order valence-electron chi connectivity index (χ0n) is 9.43. The van der Waals surface area contributed by atoms with Crippen LogP contribution in [0, 0.1) is 0 Å². The number of unbranched alkanes of at least 4 members (excludes halogenated alkanes) is 1. The minimum atomic E-state index is 0.218. The maximum absolute atomic E-state index is 6.39. The van der Waals surface area contributed by atoms with Crippen LogP contribution in [0.4, 0.5) is 0 Å². The average Bonchev–Trinajstić information content (AvgIpc) is 2.72. The first-order valence-corrected chi connectivity index (χ1v) is 6.50. The van der Waals surface area contributed by atoms with Gasteiger partial charge in [0.25, 0.3) is 0 Å². The van der Waals surface area contributed by atoms with Crippen LogP contribution in [0.1, 0.15) is 54.7 Å². The second-order valence-electron chi connectivity index (χ2n) is 4.49. The van der Waals surface area contributed by atoms with E-state index in [4.69, 9.17) is 11.6 Å². The van der Waals surface area contributed by atoms with Gasteiger partial charge in [-0.05, 0) is 42.4 Å². The summed E-state index contributed by atoms with van der Waals surface area (Å²) in [6, 6.07) is 6.83. The van der Waals surface area contributed by atoms with Crippen molar-refractivity contribution in [2.75, 3.05) is 0 Å². The molecule has 1 aliphatic carbocycles. The largest absolute Gasteiger partial charge is 0.118 e. The predicted octanol–water partition coefficient (Wildman–Crippen LogP) is 4.65. The number of halogens is 1. The molecule has 0 radical (unpaired) electrons.